The van der Waals surface area contributed by atoms with Gasteiger partial charge in [-0.3, -0.25) is 0 Å². The molecule has 0 saturated carbocycles. The maximum absolute atomic E-state index is 2.27. The predicted molar refractivity (Wildman–Crippen MR) is 193 cm³/mol. The number of hydrogen-bond donors (Lipinski definition) is 0. The molecule has 5 aromatic carbocycles. The Labute approximate surface area is 280 Å². The van der Waals surface area contributed by atoms with Crippen LogP contribution in [0.15, 0.2) is 84.9 Å². The van der Waals surface area contributed by atoms with E-state index in [1.54, 1.807) is 0 Å². The van der Waals surface area contributed by atoms with E-state index in [1.807, 2.05) is 0 Å². The van der Waals surface area contributed by atoms with Gasteiger partial charge in [-0.25, -0.2) is 0 Å². The number of aryl methyl sites for hydroxylation is 12. The minimum absolute atomic E-state index is 0. The van der Waals surface area contributed by atoms with Gasteiger partial charge < -0.3 is 14.9 Å². The molecule has 5 rings (SSSR count). The van der Waals surface area contributed by atoms with Crippen LogP contribution in [0, 0.1) is 97.9 Å². The quantitative estimate of drug-likeness (QED) is 0.139. The summed E-state index contributed by atoms with van der Waals surface area (Å²) in [6, 6.07) is 30.3. The van der Waals surface area contributed by atoms with Crippen molar-refractivity contribution in [1.29, 1.82) is 0 Å². The molecule has 5 aromatic rings. The van der Waals surface area contributed by atoms with E-state index in [4.69, 9.17) is 0 Å². The molecule has 0 unspecified atom stereocenters. The van der Waals surface area contributed by atoms with Crippen LogP contribution in [-0.2, 0) is 21.1 Å². The van der Waals surface area contributed by atoms with Crippen LogP contribution in [0.3, 0.4) is 0 Å². The number of benzene rings is 5. The Bertz CT molecular complexity index is 1330. The third-order valence-corrected chi connectivity index (χ3v) is 8.03. The van der Waals surface area contributed by atoms with E-state index in [-0.39, 0.29) is 35.9 Å². The average molecular weight is 745 g/mol. The van der Waals surface area contributed by atoms with Crippen LogP contribution in [0.2, 0.25) is 0 Å². The Morgan fingerprint density at radius 3 is 0.581 bits per heavy atom. The van der Waals surface area contributed by atoms with E-state index in [2.05, 4.69) is 168 Å². The normalized spacial score (nSPS) is 9.30. The fraction of sp³-hybridized carbons (Fsp3) is 0.286. The summed E-state index contributed by atoms with van der Waals surface area (Å²) in [4.78, 5) is 0. The van der Waals surface area contributed by atoms with Gasteiger partial charge in [-0.05, 0) is 161 Å². The van der Waals surface area contributed by atoms with Gasteiger partial charge in [0.1, 0.15) is 0 Å². The van der Waals surface area contributed by atoms with E-state index in [0.29, 0.717) is 0 Å². The maximum atomic E-state index is 2.27. The van der Waals surface area contributed by atoms with Gasteiger partial charge in [0.05, 0.1) is 0 Å². The second-order valence-electron chi connectivity index (χ2n) is 11.4. The Kier molecular flexibility index (Phi) is 19.7. The molecule has 0 saturated heterocycles. The number of rotatable bonds is 0. The molecule has 0 amide bonds. The smallest absolute Gasteiger partial charge is 0.358 e. The molecule has 0 N–H and O–H groups in total. The predicted octanol–water partition coefficient (Wildman–Crippen LogP) is 12.5. The van der Waals surface area contributed by atoms with Crippen LogP contribution in [0.1, 0.15) is 66.8 Å². The van der Waals surface area contributed by atoms with Crippen molar-refractivity contribution in [1.82, 2.24) is 0 Å². The van der Waals surface area contributed by atoms with Crippen molar-refractivity contribution in [2.45, 2.75) is 83.1 Å². The summed E-state index contributed by atoms with van der Waals surface area (Å²) in [7, 11) is 0. The molecule has 0 fully saturated rings. The molecule has 0 aromatic heterocycles. The minimum Gasteiger partial charge on any atom is -0.358 e. The Morgan fingerprint density at radius 1 is 0.256 bits per heavy atom. The maximum Gasteiger partial charge on any atom is 2.00 e. The fourth-order valence-corrected chi connectivity index (χ4v) is 4.24. The molecule has 0 spiro atoms. The SMILES string of the molecule is Cc1cc(C)c(C)cc1C.Cc1cc2cc(C)c(C)cc2cc1C.Cc1ccccc1C.Cc1ccccc1C.[CH3-].[CH3-].[W+2]. The molecular weight excluding hydrogens is 688 g/mol. The summed E-state index contributed by atoms with van der Waals surface area (Å²) in [6.07, 6.45) is 0. The first kappa shape index (κ1) is 42.2. The molecule has 0 nitrogen and oxygen atoms in total. The van der Waals surface area contributed by atoms with Crippen molar-refractivity contribution >= 4 is 10.8 Å². The Hall–Kier alpha value is -2.95. The Balaban J connectivity index is 0. The number of hydrogen-bond acceptors (Lipinski definition) is 0. The van der Waals surface area contributed by atoms with E-state index in [1.165, 1.54) is 77.5 Å². The summed E-state index contributed by atoms with van der Waals surface area (Å²) in [5.41, 5.74) is 16.5. The monoisotopic (exact) mass is 744 g/mol. The summed E-state index contributed by atoms with van der Waals surface area (Å²) in [5.74, 6) is 0. The van der Waals surface area contributed by atoms with Crippen LogP contribution < -0.4 is 0 Å². The third-order valence-electron chi connectivity index (χ3n) is 8.03. The fourth-order valence-electron chi connectivity index (χ4n) is 4.24. The summed E-state index contributed by atoms with van der Waals surface area (Å²) < 4.78 is 0. The van der Waals surface area contributed by atoms with Gasteiger partial charge in [-0.1, -0.05) is 84.9 Å². The summed E-state index contributed by atoms with van der Waals surface area (Å²) >= 11 is 0. The van der Waals surface area contributed by atoms with E-state index in [9.17, 15) is 0 Å². The van der Waals surface area contributed by atoms with Crippen molar-refractivity contribution in [2.24, 2.45) is 0 Å². The van der Waals surface area contributed by atoms with Crippen LogP contribution in [0.5, 0.6) is 0 Å². The Morgan fingerprint density at radius 2 is 0.419 bits per heavy atom. The van der Waals surface area contributed by atoms with Gasteiger partial charge >= 0.3 is 21.1 Å². The molecule has 230 valence electrons. The topological polar surface area (TPSA) is 0 Å². The molecular formula is C42H56W. The molecule has 43 heavy (non-hydrogen) atoms. The zero-order chi connectivity index (χ0) is 30.0. The second kappa shape index (κ2) is 20.1. The summed E-state index contributed by atoms with van der Waals surface area (Å²) in [6.45, 7) is 25.8. The summed E-state index contributed by atoms with van der Waals surface area (Å²) in [5, 5.41) is 2.72. The average Bonchev–Trinajstić information content (AvgIpc) is 2.90. The van der Waals surface area contributed by atoms with Gasteiger partial charge in [-0.2, -0.15) is 0 Å². The standard InChI is InChI=1S/C14H16.C10H14.2C8H10.2CH3.W/c1-9-5-13-7-11(3)12(4)8-14(13)6-10(9)2;1-7-5-9(3)10(4)6-8(7)2;2*1-7-5-3-4-6-8(7)2;;;/h5-8H,1-4H3;5-6H,1-4H3;2*3-6H,1-2H3;2*1H3;/q;;;;2*-1;+2. The molecule has 0 radical (unpaired) electrons. The molecule has 0 aliphatic rings. The van der Waals surface area contributed by atoms with Crippen LogP contribution in [0.4, 0.5) is 0 Å². The van der Waals surface area contributed by atoms with Gasteiger partial charge in [-0.15, -0.1) is 0 Å². The first-order valence-electron chi connectivity index (χ1n) is 14.4. The van der Waals surface area contributed by atoms with Gasteiger partial charge in [0.15, 0.2) is 0 Å². The zero-order valence-corrected chi connectivity index (χ0v) is 32.4. The van der Waals surface area contributed by atoms with Gasteiger partial charge in [0, 0.05) is 0 Å². The van der Waals surface area contributed by atoms with Crippen molar-refractivity contribution in [3.8, 4) is 0 Å². The molecule has 0 atom stereocenters. The largest absolute Gasteiger partial charge is 2.00 e. The van der Waals surface area contributed by atoms with Gasteiger partial charge in [0.2, 0.25) is 0 Å². The van der Waals surface area contributed by atoms with Crippen LogP contribution >= 0.6 is 0 Å². The van der Waals surface area contributed by atoms with Crippen molar-refractivity contribution < 1.29 is 21.1 Å². The first-order chi connectivity index (χ1) is 18.8. The van der Waals surface area contributed by atoms with Crippen molar-refractivity contribution in [3.05, 3.63) is 167 Å². The molecule has 0 heterocycles. The van der Waals surface area contributed by atoms with Crippen molar-refractivity contribution in [2.75, 3.05) is 0 Å². The van der Waals surface area contributed by atoms with E-state index >= 15 is 0 Å². The van der Waals surface area contributed by atoms with Gasteiger partial charge in [0.25, 0.3) is 0 Å². The molecule has 0 aliphatic heterocycles. The molecule has 1 heteroatoms. The van der Waals surface area contributed by atoms with Crippen LogP contribution in [-0.4, -0.2) is 0 Å². The minimum atomic E-state index is 0. The van der Waals surface area contributed by atoms with Crippen molar-refractivity contribution in [3.63, 3.8) is 0 Å². The van der Waals surface area contributed by atoms with E-state index < -0.39 is 0 Å². The first-order valence-corrected chi connectivity index (χ1v) is 14.4. The third kappa shape index (κ3) is 13.5. The zero-order valence-electron chi connectivity index (χ0n) is 29.5. The molecule has 0 bridgehead atoms. The van der Waals surface area contributed by atoms with Crippen LogP contribution in [0.25, 0.3) is 10.8 Å². The second-order valence-corrected chi connectivity index (χ2v) is 11.4. The van der Waals surface area contributed by atoms with E-state index in [0.717, 1.165) is 0 Å². The number of fused-ring (bicyclic) bond motifs is 1. The molecule has 0 aliphatic carbocycles.